The fraction of sp³-hybridized carbons (Fsp3) is 0.625. The number of ether oxygens (including phenoxy) is 1. The summed E-state index contributed by atoms with van der Waals surface area (Å²) in [4.78, 5) is 21.0. The van der Waals surface area contributed by atoms with E-state index in [2.05, 4.69) is 9.88 Å². The number of likely N-dealkylation sites (tertiary alicyclic amines) is 1. The van der Waals surface area contributed by atoms with Crippen LogP contribution in [0.15, 0.2) is 24.4 Å². The Labute approximate surface area is 124 Å². The number of hydrogen-bond donors (Lipinski definition) is 0. The molecule has 5 heteroatoms. The minimum Gasteiger partial charge on any atom is -0.365 e. The largest absolute Gasteiger partial charge is 0.365 e. The molecule has 3 heterocycles. The van der Waals surface area contributed by atoms with Crippen LogP contribution in [0, 0.1) is 5.92 Å². The van der Waals surface area contributed by atoms with Crippen LogP contribution in [-0.2, 0) is 16.1 Å². The third-order valence-corrected chi connectivity index (χ3v) is 4.73. The summed E-state index contributed by atoms with van der Waals surface area (Å²) in [6.45, 7) is 3.89. The number of amides is 1. The lowest BCUT2D eigenvalue weighted by Crippen LogP contribution is -2.53. The minimum atomic E-state index is 0.0928. The Morgan fingerprint density at radius 2 is 2.19 bits per heavy atom. The summed E-state index contributed by atoms with van der Waals surface area (Å²) in [5.74, 6) is 0.972. The molecule has 1 saturated carbocycles. The maximum atomic E-state index is 12.2. The van der Waals surface area contributed by atoms with Crippen LogP contribution in [0.2, 0.25) is 0 Å². The molecule has 0 bridgehead atoms. The number of nitrogens with zero attached hydrogens (tertiary/aromatic N) is 3. The van der Waals surface area contributed by atoms with E-state index < -0.39 is 0 Å². The second-order valence-electron chi connectivity index (χ2n) is 6.42. The highest BCUT2D eigenvalue weighted by molar-refractivity contribution is 5.78. The first kappa shape index (κ1) is 13.2. The van der Waals surface area contributed by atoms with Gasteiger partial charge in [0.15, 0.2) is 0 Å². The van der Waals surface area contributed by atoms with Gasteiger partial charge >= 0.3 is 0 Å². The molecule has 0 aromatic carbocycles. The molecule has 2 atom stereocenters. The molecule has 2 aliphatic heterocycles. The number of carbonyl (C=O) groups is 1. The molecule has 1 aliphatic carbocycles. The molecule has 4 rings (SSSR count). The summed E-state index contributed by atoms with van der Waals surface area (Å²) >= 11 is 0. The molecule has 3 aliphatic rings. The third kappa shape index (κ3) is 2.80. The van der Waals surface area contributed by atoms with Gasteiger partial charge in [0.2, 0.25) is 5.91 Å². The number of morpholine rings is 1. The highest BCUT2D eigenvalue weighted by Crippen LogP contribution is 2.32. The van der Waals surface area contributed by atoms with Gasteiger partial charge in [0.25, 0.3) is 0 Å². The average Bonchev–Trinajstić information content (AvgIpc) is 3.21. The molecule has 0 spiro atoms. The van der Waals surface area contributed by atoms with Crippen LogP contribution >= 0.6 is 0 Å². The number of rotatable bonds is 4. The van der Waals surface area contributed by atoms with Gasteiger partial charge in [-0.25, -0.2) is 0 Å². The standard InChI is InChI=1S/C16H21N3O2/c20-16-11-21-15-10-18(7-12-4-5-12)9-14(15)19(16)8-13-3-1-2-6-17-13/h1-3,6,12,14-15H,4-5,7-11H2/t14-,15+/m1/s1. The molecule has 112 valence electrons. The number of hydrogen-bond acceptors (Lipinski definition) is 4. The van der Waals surface area contributed by atoms with Gasteiger partial charge in [-0.05, 0) is 30.9 Å². The Hall–Kier alpha value is -1.46. The zero-order valence-electron chi connectivity index (χ0n) is 12.1. The number of pyridine rings is 1. The maximum absolute atomic E-state index is 12.2. The van der Waals surface area contributed by atoms with E-state index in [1.165, 1.54) is 19.4 Å². The zero-order chi connectivity index (χ0) is 14.2. The fourth-order valence-corrected chi connectivity index (χ4v) is 3.43. The van der Waals surface area contributed by atoms with Gasteiger partial charge in [0, 0.05) is 25.8 Å². The zero-order valence-corrected chi connectivity index (χ0v) is 12.1. The Bertz CT molecular complexity index is 518. The molecular weight excluding hydrogens is 266 g/mol. The summed E-state index contributed by atoms with van der Waals surface area (Å²) in [5.41, 5.74) is 0.951. The van der Waals surface area contributed by atoms with E-state index >= 15 is 0 Å². The molecule has 0 radical (unpaired) electrons. The quantitative estimate of drug-likeness (QED) is 0.825. The van der Waals surface area contributed by atoms with Crippen molar-refractivity contribution in [2.24, 2.45) is 5.92 Å². The molecule has 1 amide bonds. The molecule has 0 unspecified atom stereocenters. The highest BCUT2D eigenvalue weighted by atomic mass is 16.5. The Kier molecular flexibility index (Phi) is 3.39. The van der Waals surface area contributed by atoms with Crippen molar-refractivity contribution in [3.63, 3.8) is 0 Å². The molecule has 21 heavy (non-hydrogen) atoms. The SMILES string of the molecule is O=C1CO[C@H]2CN(CC3CC3)C[C@H]2N1Cc1ccccn1. The van der Waals surface area contributed by atoms with Crippen LogP contribution < -0.4 is 0 Å². The van der Waals surface area contributed by atoms with Crippen molar-refractivity contribution >= 4 is 5.91 Å². The van der Waals surface area contributed by atoms with Gasteiger partial charge in [-0.3, -0.25) is 14.7 Å². The van der Waals surface area contributed by atoms with Crippen LogP contribution in [0.1, 0.15) is 18.5 Å². The predicted molar refractivity (Wildman–Crippen MR) is 77.5 cm³/mol. The van der Waals surface area contributed by atoms with Crippen LogP contribution in [-0.4, -0.2) is 59.1 Å². The normalized spacial score (nSPS) is 29.7. The van der Waals surface area contributed by atoms with Gasteiger partial charge in [-0.1, -0.05) is 6.07 Å². The number of aromatic nitrogens is 1. The van der Waals surface area contributed by atoms with Gasteiger partial charge in [-0.15, -0.1) is 0 Å². The van der Waals surface area contributed by atoms with Gasteiger partial charge in [-0.2, -0.15) is 0 Å². The van der Waals surface area contributed by atoms with Crippen molar-refractivity contribution in [3.05, 3.63) is 30.1 Å². The van der Waals surface area contributed by atoms with Crippen molar-refractivity contribution in [1.29, 1.82) is 0 Å². The predicted octanol–water partition coefficient (Wildman–Crippen LogP) is 0.903. The second kappa shape index (κ2) is 5.39. The lowest BCUT2D eigenvalue weighted by Gasteiger charge is -2.36. The minimum absolute atomic E-state index is 0.0928. The van der Waals surface area contributed by atoms with Gasteiger partial charge < -0.3 is 9.64 Å². The first-order valence-electron chi connectivity index (χ1n) is 7.83. The molecule has 1 aromatic rings. The van der Waals surface area contributed by atoms with E-state index in [1.54, 1.807) is 6.20 Å². The molecule has 1 aromatic heterocycles. The van der Waals surface area contributed by atoms with E-state index in [1.807, 2.05) is 23.1 Å². The van der Waals surface area contributed by atoms with Crippen molar-refractivity contribution in [2.75, 3.05) is 26.2 Å². The van der Waals surface area contributed by atoms with E-state index in [0.717, 1.165) is 24.7 Å². The van der Waals surface area contributed by atoms with Crippen molar-refractivity contribution in [3.8, 4) is 0 Å². The number of fused-ring (bicyclic) bond motifs is 1. The Morgan fingerprint density at radius 1 is 1.29 bits per heavy atom. The van der Waals surface area contributed by atoms with Crippen LogP contribution in [0.25, 0.3) is 0 Å². The molecule has 0 N–H and O–H groups in total. The van der Waals surface area contributed by atoms with Crippen LogP contribution in [0.5, 0.6) is 0 Å². The summed E-state index contributed by atoms with van der Waals surface area (Å²) in [5, 5.41) is 0. The molecule has 3 fully saturated rings. The van der Waals surface area contributed by atoms with Gasteiger partial charge in [0.1, 0.15) is 6.61 Å². The van der Waals surface area contributed by atoms with Crippen molar-refractivity contribution in [1.82, 2.24) is 14.8 Å². The summed E-state index contributed by atoms with van der Waals surface area (Å²) in [6, 6.07) is 6.04. The van der Waals surface area contributed by atoms with E-state index in [9.17, 15) is 4.79 Å². The van der Waals surface area contributed by atoms with Crippen molar-refractivity contribution < 1.29 is 9.53 Å². The first-order chi connectivity index (χ1) is 10.3. The van der Waals surface area contributed by atoms with Crippen LogP contribution in [0.3, 0.4) is 0 Å². The smallest absolute Gasteiger partial charge is 0.249 e. The van der Waals surface area contributed by atoms with E-state index in [-0.39, 0.29) is 24.7 Å². The highest BCUT2D eigenvalue weighted by Gasteiger charge is 2.44. The Morgan fingerprint density at radius 3 is 2.95 bits per heavy atom. The molecule has 5 nitrogen and oxygen atoms in total. The number of carbonyl (C=O) groups excluding carboxylic acids is 1. The average molecular weight is 287 g/mol. The lowest BCUT2D eigenvalue weighted by atomic mass is 10.1. The van der Waals surface area contributed by atoms with Crippen LogP contribution in [0.4, 0.5) is 0 Å². The van der Waals surface area contributed by atoms with E-state index in [0.29, 0.717) is 6.54 Å². The lowest BCUT2D eigenvalue weighted by molar-refractivity contribution is -0.154. The van der Waals surface area contributed by atoms with Gasteiger partial charge in [0.05, 0.1) is 24.4 Å². The second-order valence-corrected chi connectivity index (χ2v) is 6.42. The van der Waals surface area contributed by atoms with E-state index in [4.69, 9.17) is 4.74 Å². The topological polar surface area (TPSA) is 45.7 Å². The molecular formula is C16H21N3O2. The maximum Gasteiger partial charge on any atom is 0.249 e. The monoisotopic (exact) mass is 287 g/mol. The summed E-state index contributed by atoms with van der Waals surface area (Å²) in [6.07, 6.45) is 4.68. The fourth-order valence-electron chi connectivity index (χ4n) is 3.43. The Balaban J connectivity index is 1.47. The summed E-state index contributed by atoms with van der Waals surface area (Å²) < 4.78 is 5.76. The molecule has 2 saturated heterocycles. The third-order valence-electron chi connectivity index (χ3n) is 4.73. The van der Waals surface area contributed by atoms with Crippen molar-refractivity contribution in [2.45, 2.75) is 31.5 Å². The summed E-state index contributed by atoms with van der Waals surface area (Å²) in [7, 11) is 0. The first-order valence-corrected chi connectivity index (χ1v) is 7.83.